The topological polar surface area (TPSA) is 67.4 Å². The third-order valence-corrected chi connectivity index (χ3v) is 6.57. The lowest BCUT2D eigenvalue weighted by molar-refractivity contribution is 0.192. The molecule has 1 aromatic heterocycles. The van der Waals surface area contributed by atoms with Gasteiger partial charge in [-0.3, -0.25) is 0 Å². The van der Waals surface area contributed by atoms with E-state index in [0.717, 1.165) is 17.8 Å². The molecule has 108 valence electrons. The van der Waals surface area contributed by atoms with Crippen LogP contribution in [0.2, 0.25) is 0 Å². The lowest BCUT2D eigenvalue weighted by atomic mass is 10.3. The van der Waals surface area contributed by atoms with Gasteiger partial charge in [0.1, 0.15) is 4.90 Å². The van der Waals surface area contributed by atoms with Gasteiger partial charge in [0.25, 0.3) is 0 Å². The molecule has 0 aromatic carbocycles. The molecule has 2 N–H and O–H groups in total. The molecule has 0 amide bonds. The van der Waals surface area contributed by atoms with Crippen molar-refractivity contribution in [1.29, 1.82) is 0 Å². The maximum absolute atomic E-state index is 12.3. The first-order valence-corrected chi connectivity index (χ1v) is 9.21. The summed E-state index contributed by atoms with van der Waals surface area (Å²) in [6.07, 6.45) is 0.727. The van der Waals surface area contributed by atoms with Crippen molar-refractivity contribution in [2.75, 3.05) is 19.8 Å². The molecular weight excluding hydrogens is 352 g/mol. The monoisotopic (exact) mass is 368 g/mol. The summed E-state index contributed by atoms with van der Waals surface area (Å²) in [5.74, 6) is 0. The quantitative estimate of drug-likeness (QED) is 0.801. The van der Waals surface area contributed by atoms with E-state index in [1.54, 1.807) is 6.07 Å². The zero-order chi connectivity index (χ0) is 13.9. The van der Waals surface area contributed by atoms with Gasteiger partial charge in [0, 0.05) is 24.1 Å². The number of thiophene rings is 1. The van der Waals surface area contributed by atoms with Crippen LogP contribution in [0.1, 0.15) is 18.2 Å². The Labute approximate surface area is 125 Å². The van der Waals surface area contributed by atoms with E-state index in [0.29, 0.717) is 28.4 Å². The van der Waals surface area contributed by atoms with Gasteiger partial charge in [0.05, 0.1) is 10.4 Å². The molecule has 0 bridgehead atoms. The van der Waals surface area contributed by atoms with Gasteiger partial charge in [-0.05, 0) is 35.0 Å². The molecule has 0 aliphatic carbocycles. The highest BCUT2D eigenvalue weighted by atomic mass is 79.9. The number of rotatable bonds is 6. The van der Waals surface area contributed by atoms with Gasteiger partial charge in [0.15, 0.2) is 0 Å². The molecule has 1 aliphatic heterocycles. The van der Waals surface area contributed by atoms with Crippen molar-refractivity contribution in [3.63, 3.8) is 0 Å². The minimum Gasteiger partial charge on any atom is -0.380 e. The average molecular weight is 369 g/mol. The van der Waals surface area contributed by atoms with Crippen molar-refractivity contribution in [1.82, 2.24) is 10.0 Å². The lowest BCUT2D eigenvalue weighted by Gasteiger charge is -2.10. The highest BCUT2D eigenvalue weighted by molar-refractivity contribution is 9.11. The standard InChI is InChI=1S/C11H17BrN2O3S2/c1-2-13-6-9-5-10(11(12)18-9)19(15,16)14-8-3-4-17-7-8/h5,8,13-14H,2-4,6-7H2,1H3. The molecular formula is C11H17BrN2O3S2. The molecule has 1 atom stereocenters. The van der Waals surface area contributed by atoms with Crippen molar-refractivity contribution in [3.05, 3.63) is 14.7 Å². The minimum atomic E-state index is -3.47. The van der Waals surface area contributed by atoms with Gasteiger partial charge in [-0.2, -0.15) is 0 Å². The van der Waals surface area contributed by atoms with E-state index in [9.17, 15) is 8.42 Å². The second kappa shape index (κ2) is 6.64. The maximum atomic E-state index is 12.3. The first-order chi connectivity index (χ1) is 9.03. The second-order valence-corrected chi connectivity index (χ2v) is 8.45. The predicted octanol–water partition coefficient (Wildman–Crippen LogP) is 1.69. The summed E-state index contributed by atoms with van der Waals surface area (Å²) in [7, 11) is -3.47. The molecule has 8 heteroatoms. The maximum Gasteiger partial charge on any atom is 0.242 e. The normalized spacial score (nSPS) is 20.0. The van der Waals surface area contributed by atoms with Crippen molar-refractivity contribution in [3.8, 4) is 0 Å². The molecule has 0 spiro atoms. The molecule has 0 saturated carbocycles. The molecule has 1 fully saturated rings. The smallest absolute Gasteiger partial charge is 0.242 e. The molecule has 2 rings (SSSR count). The molecule has 1 aliphatic rings. The molecule has 0 radical (unpaired) electrons. The summed E-state index contributed by atoms with van der Waals surface area (Å²) in [5.41, 5.74) is 0. The van der Waals surface area contributed by atoms with E-state index in [1.807, 2.05) is 6.92 Å². The Bertz CT molecular complexity index is 524. The van der Waals surface area contributed by atoms with Crippen LogP contribution in [0, 0.1) is 0 Å². The van der Waals surface area contributed by atoms with Crippen LogP contribution in [0.5, 0.6) is 0 Å². The zero-order valence-electron chi connectivity index (χ0n) is 10.6. The van der Waals surface area contributed by atoms with Gasteiger partial charge in [-0.15, -0.1) is 11.3 Å². The number of halogens is 1. The minimum absolute atomic E-state index is 0.117. The fourth-order valence-electron chi connectivity index (χ4n) is 1.83. The molecule has 5 nitrogen and oxygen atoms in total. The van der Waals surface area contributed by atoms with Gasteiger partial charge in [0.2, 0.25) is 10.0 Å². The Hall–Kier alpha value is 0.01000. The van der Waals surface area contributed by atoms with E-state index in [4.69, 9.17) is 4.74 Å². The number of sulfonamides is 1. The van der Waals surface area contributed by atoms with Crippen molar-refractivity contribution >= 4 is 37.3 Å². The summed E-state index contributed by atoms with van der Waals surface area (Å²) in [6, 6.07) is 1.60. The van der Waals surface area contributed by atoms with Crippen molar-refractivity contribution in [2.24, 2.45) is 0 Å². The van der Waals surface area contributed by atoms with Gasteiger partial charge in [-0.25, -0.2) is 13.1 Å². The fraction of sp³-hybridized carbons (Fsp3) is 0.636. The van der Waals surface area contributed by atoms with Crippen molar-refractivity contribution in [2.45, 2.75) is 30.8 Å². The number of nitrogens with one attached hydrogen (secondary N) is 2. The summed E-state index contributed by atoms with van der Waals surface area (Å²) in [5, 5.41) is 3.18. The van der Waals surface area contributed by atoms with E-state index in [1.165, 1.54) is 11.3 Å². The Morgan fingerprint density at radius 3 is 3.00 bits per heavy atom. The third-order valence-electron chi connectivity index (χ3n) is 2.80. The Morgan fingerprint density at radius 2 is 2.37 bits per heavy atom. The number of hydrogen-bond donors (Lipinski definition) is 2. The predicted molar refractivity (Wildman–Crippen MR) is 78.9 cm³/mol. The Balaban J connectivity index is 2.12. The fourth-order valence-corrected chi connectivity index (χ4v) is 5.73. The van der Waals surface area contributed by atoms with E-state index < -0.39 is 10.0 Å². The van der Waals surface area contributed by atoms with E-state index >= 15 is 0 Å². The molecule has 1 unspecified atom stereocenters. The highest BCUT2D eigenvalue weighted by Crippen LogP contribution is 2.32. The Kier molecular flexibility index (Phi) is 5.38. The average Bonchev–Trinajstić information content (AvgIpc) is 2.95. The SMILES string of the molecule is CCNCc1cc(S(=O)(=O)NC2CCOC2)c(Br)s1. The molecule has 1 saturated heterocycles. The van der Waals surface area contributed by atoms with Crippen LogP contribution in [0.15, 0.2) is 14.7 Å². The number of ether oxygens (including phenoxy) is 1. The highest BCUT2D eigenvalue weighted by Gasteiger charge is 2.26. The second-order valence-electron chi connectivity index (χ2n) is 4.31. The van der Waals surface area contributed by atoms with Crippen LogP contribution < -0.4 is 10.0 Å². The zero-order valence-corrected chi connectivity index (χ0v) is 13.8. The van der Waals surface area contributed by atoms with Crippen LogP contribution in [-0.4, -0.2) is 34.2 Å². The van der Waals surface area contributed by atoms with Gasteiger partial charge < -0.3 is 10.1 Å². The number of hydrogen-bond acceptors (Lipinski definition) is 5. The van der Waals surface area contributed by atoms with Crippen LogP contribution in [0.25, 0.3) is 0 Å². The van der Waals surface area contributed by atoms with Crippen LogP contribution in [-0.2, 0) is 21.3 Å². The van der Waals surface area contributed by atoms with E-state index in [2.05, 4.69) is 26.0 Å². The van der Waals surface area contributed by atoms with Crippen molar-refractivity contribution < 1.29 is 13.2 Å². The van der Waals surface area contributed by atoms with Crippen LogP contribution in [0.4, 0.5) is 0 Å². The molecule has 19 heavy (non-hydrogen) atoms. The first-order valence-electron chi connectivity index (χ1n) is 6.12. The molecule has 1 aromatic rings. The van der Waals surface area contributed by atoms with Crippen LogP contribution >= 0.6 is 27.3 Å². The lowest BCUT2D eigenvalue weighted by Crippen LogP contribution is -2.34. The summed E-state index contributed by atoms with van der Waals surface area (Å²) >= 11 is 4.78. The van der Waals surface area contributed by atoms with E-state index in [-0.39, 0.29) is 6.04 Å². The summed E-state index contributed by atoms with van der Waals surface area (Å²) in [6.45, 7) is 4.62. The first kappa shape index (κ1) is 15.4. The van der Waals surface area contributed by atoms with Gasteiger partial charge in [-0.1, -0.05) is 6.92 Å². The van der Waals surface area contributed by atoms with Crippen LogP contribution in [0.3, 0.4) is 0 Å². The summed E-state index contributed by atoms with van der Waals surface area (Å²) < 4.78 is 33.1. The third kappa shape index (κ3) is 3.99. The largest absolute Gasteiger partial charge is 0.380 e. The molecule has 2 heterocycles. The Morgan fingerprint density at radius 1 is 1.58 bits per heavy atom. The van der Waals surface area contributed by atoms with Gasteiger partial charge >= 0.3 is 0 Å². The summed E-state index contributed by atoms with van der Waals surface area (Å²) in [4.78, 5) is 1.31.